The number of rotatable bonds is 4. The van der Waals surface area contributed by atoms with Gasteiger partial charge in [0, 0.05) is 31.4 Å². The molecule has 2 aromatic heterocycles. The summed E-state index contributed by atoms with van der Waals surface area (Å²) >= 11 is 6.02. The monoisotopic (exact) mass is 264 g/mol. The molecule has 0 radical (unpaired) electrons. The van der Waals surface area contributed by atoms with Crippen LogP contribution in [-0.4, -0.2) is 29.1 Å². The van der Waals surface area contributed by atoms with Crippen LogP contribution in [0.5, 0.6) is 5.88 Å². The Balaban J connectivity index is 2.16. The molecule has 0 saturated carbocycles. The second-order valence-corrected chi connectivity index (χ2v) is 4.09. The van der Waals surface area contributed by atoms with Crippen molar-refractivity contribution in [3.63, 3.8) is 0 Å². The molecule has 0 unspecified atom stereocenters. The number of pyridine rings is 1. The number of halogens is 1. The van der Waals surface area contributed by atoms with Gasteiger partial charge in [-0.3, -0.25) is 0 Å². The summed E-state index contributed by atoms with van der Waals surface area (Å²) in [6.45, 7) is 0.618. The summed E-state index contributed by atoms with van der Waals surface area (Å²) < 4.78 is 5.06. The van der Waals surface area contributed by atoms with Crippen molar-refractivity contribution < 1.29 is 4.74 Å². The third-order valence-corrected chi connectivity index (χ3v) is 2.81. The van der Waals surface area contributed by atoms with E-state index < -0.39 is 0 Å². The van der Waals surface area contributed by atoms with E-state index in [1.807, 2.05) is 24.1 Å². The molecule has 0 aliphatic carbocycles. The number of hydrogen-bond donors (Lipinski definition) is 0. The molecule has 0 N–H and O–H groups in total. The summed E-state index contributed by atoms with van der Waals surface area (Å²) in [5.41, 5.74) is 0.944. The predicted octanol–water partition coefficient (Wildman–Crippen LogP) is 2.17. The number of anilines is 1. The maximum Gasteiger partial charge on any atom is 0.218 e. The topological polar surface area (TPSA) is 51.1 Å². The molecule has 0 aliphatic rings. The molecule has 6 heteroatoms. The highest BCUT2D eigenvalue weighted by molar-refractivity contribution is 6.30. The van der Waals surface area contributed by atoms with Crippen LogP contribution in [0, 0.1) is 0 Å². The van der Waals surface area contributed by atoms with Crippen LogP contribution in [0.25, 0.3) is 0 Å². The van der Waals surface area contributed by atoms with Crippen LogP contribution in [0.2, 0.25) is 5.15 Å². The van der Waals surface area contributed by atoms with Gasteiger partial charge in [0.2, 0.25) is 5.88 Å². The van der Waals surface area contributed by atoms with Gasteiger partial charge in [-0.25, -0.2) is 15.0 Å². The van der Waals surface area contributed by atoms with Gasteiger partial charge >= 0.3 is 0 Å². The Bertz CT molecular complexity index is 535. The summed E-state index contributed by atoms with van der Waals surface area (Å²) in [7, 11) is 3.50. The average Bonchev–Trinajstić information content (AvgIpc) is 2.41. The smallest absolute Gasteiger partial charge is 0.218 e. The van der Waals surface area contributed by atoms with E-state index in [9.17, 15) is 0 Å². The molecule has 0 bridgehead atoms. The lowest BCUT2D eigenvalue weighted by Gasteiger charge is -2.18. The number of nitrogens with zero attached hydrogens (tertiary/aromatic N) is 4. The molecule has 0 atom stereocenters. The van der Waals surface area contributed by atoms with Crippen LogP contribution in [0.3, 0.4) is 0 Å². The highest BCUT2D eigenvalue weighted by Gasteiger charge is 2.08. The van der Waals surface area contributed by atoms with E-state index in [-0.39, 0.29) is 0 Å². The molecular formula is C12H13ClN4O. The highest BCUT2D eigenvalue weighted by atomic mass is 35.5. The van der Waals surface area contributed by atoms with E-state index >= 15 is 0 Å². The Kier molecular flexibility index (Phi) is 3.94. The van der Waals surface area contributed by atoms with Crippen LogP contribution >= 0.6 is 11.6 Å². The van der Waals surface area contributed by atoms with Gasteiger partial charge in [0.05, 0.1) is 7.11 Å². The maximum absolute atomic E-state index is 6.02. The molecule has 2 aromatic rings. The SMILES string of the molecule is COc1cc(N(C)Cc2cccnc2Cl)ncn1. The van der Waals surface area contributed by atoms with Crippen molar-refractivity contribution in [3.05, 3.63) is 41.4 Å². The minimum atomic E-state index is 0.505. The van der Waals surface area contributed by atoms with Gasteiger partial charge in [-0.2, -0.15) is 0 Å². The molecule has 0 aromatic carbocycles. The number of aromatic nitrogens is 3. The van der Waals surface area contributed by atoms with Crippen LogP contribution in [-0.2, 0) is 6.54 Å². The summed E-state index contributed by atoms with van der Waals surface area (Å²) in [5, 5.41) is 0.505. The van der Waals surface area contributed by atoms with Crippen LogP contribution in [0.15, 0.2) is 30.7 Å². The van der Waals surface area contributed by atoms with Crippen LogP contribution in [0.4, 0.5) is 5.82 Å². The number of methoxy groups -OCH3 is 1. The minimum absolute atomic E-state index is 0.505. The van der Waals surface area contributed by atoms with E-state index in [2.05, 4.69) is 15.0 Å². The van der Waals surface area contributed by atoms with Crippen molar-refractivity contribution in [1.29, 1.82) is 0 Å². The van der Waals surface area contributed by atoms with Crippen molar-refractivity contribution >= 4 is 17.4 Å². The molecule has 18 heavy (non-hydrogen) atoms. The van der Waals surface area contributed by atoms with E-state index in [4.69, 9.17) is 16.3 Å². The molecule has 0 amide bonds. The Morgan fingerprint density at radius 2 is 2.17 bits per heavy atom. The van der Waals surface area contributed by atoms with Crippen molar-refractivity contribution in [2.45, 2.75) is 6.54 Å². The zero-order valence-electron chi connectivity index (χ0n) is 10.2. The van der Waals surface area contributed by atoms with Gasteiger partial charge in [-0.05, 0) is 6.07 Å². The third-order valence-electron chi connectivity index (χ3n) is 2.47. The molecule has 2 rings (SSSR count). The first-order valence-electron chi connectivity index (χ1n) is 5.37. The van der Waals surface area contributed by atoms with Gasteiger partial charge in [-0.1, -0.05) is 17.7 Å². The van der Waals surface area contributed by atoms with Gasteiger partial charge in [0.1, 0.15) is 17.3 Å². The lowest BCUT2D eigenvalue weighted by Crippen LogP contribution is -2.18. The standard InChI is InChI=1S/C12H13ClN4O/c1-17(7-9-4-3-5-14-12(9)13)10-6-11(18-2)16-8-15-10/h3-6,8H,7H2,1-2H3. The quantitative estimate of drug-likeness (QED) is 0.792. The van der Waals surface area contributed by atoms with Crippen LogP contribution in [0.1, 0.15) is 5.56 Å². The first kappa shape index (κ1) is 12.6. The molecule has 5 nitrogen and oxygen atoms in total. The zero-order valence-corrected chi connectivity index (χ0v) is 10.9. The predicted molar refractivity (Wildman–Crippen MR) is 69.9 cm³/mol. The summed E-state index contributed by atoms with van der Waals surface area (Å²) in [6.07, 6.45) is 3.13. The fourth-order valence-corrected chi connectivity index (χ4v) is 1.70. The first-order valence-corrected chi connectivity index (χ1v) is 5.75. The van der Waals surface area contributed by atoms with Crippen molar-refractivity contribution in [2.75, 3.05) is 19.1 Å². The fourth-order valence-electron chi connectivity index (χ4n) is 1.52. The van der Waals surface area contributed by atoms with E-state index in [0.29, 0.717) is 17.6 Å². The largest absolute Gasteiger partial charge is 0.481 e. The molecule has 94 valence electrons. The second kappa shape index (κ2) is 5.64. The average molecular weight is 265 g/mol. The number of hydrogen-bond acceptors (Lipinski definition) is 5. The summed E-state index contributed by atoms with van der Waals surface area (Å²) in [4.78, 5) is 14.1. The van der Waals surface area contributed by atoms with Gasteiger partial charge in [0.15, 0.2) is 0 Å². The van der Waals surface area contributed by atoms with Crippen molar-refractivity contribution in [2.24, 2.45) is 0 Å². The number of ether oxygens (including phenoxy) is 1. The maximum atomic E-state index is 6.02. The zero-order chi connectivity index (χ0) is 13.0. The molecule has 0 saturated heterocycles. The fraction of sp³-hybridized carbons (Fsp3) is 0.250. The van der Waals surface area contributed by atoms with Gasteiger partial charge in [0.25, 0.3) is 0 Å². The molecule has 0 fully saturated rings. The summed E-state index contributed by atoms with van der Waals surface area (Å²) in [6, 6.07) is 5.56. The minimum Gasteiger partial charge on any atom is -0.481 e. The molecule has 2 heterocycles. The van der Waals surface area contributed by atoms with Crippen molar-refractivity contribution in [3.8, 4) is 5.88 Å². The van der Waals surface area contributed by atoms with Gasteiger partial charge < -0.3 is 9.64 Å². The Labute approximate surface area is 110 Å². The Morgan fingerprint density at radius 1 is 1.33 bits per heavy atom. The highest BCUT2D eigenvalue weighted by Crippen LogP contribution is 2.19. The molecular weight excluding hydrogens is 252 g/mol. The van der Waals surface area contributed by atoms with Gasteiger partial charge in [-0.15, -0.1) is 0 Å². The third kappa shape index (κ3) is 2.87. The lowest BCUT2D eigenvalue weighted by molar-refractivity contribution is 0.397. The van der Waals surface area contributed by atoms with Crippen molar-refractivity contribution in [1.82, 2.24) is 15.0 Å². The normalized spacial score (nSPS) is 10.2. The first-order chi connectivity index (χ1) is 8.70. The summed E-state index contributed by atoms with van der Waals surface area (Å²) in [5.74, 6) is 1.30. The lowest BCUT2D eigenvalue weighted by atomic mass is 10.2. The molecule has 0 spiro atoms. The van der Waals surface area contributed by atoms with E-state index in [0.717, 1.165) is 11.4 Å². The van der Waals surface area contributed by atoms with E-state index in [1.165, 1.54) is 6.33 Å². The van der Waals surface area contributed by atoms with Crippen LogP contribution < -0.4 is 9.64 Å². The Hall–Kier alpha value is -1.88. The second-order valence-electron chi connectivity index (χ2n) is 3.73. The van der Waals surface area contributed by atoms with E-state index in [1.54, 1.807) is 19.4 Å². The Morgan fingerprint density at radius 3 is 2.89 bits per heavy atom. The molecule has 0 aliphatic heterocycles.